The van der Waals surface area contributed by atoms with E-state index in [1.165, 1.54) is 16.8 Å². The summed E-state index contributed by atoms with van der Waals surface area (Å²) < 4.78 is 40.3. The number of nitrogens with zero attached hydrogens (tertiary/aromatic N) is 3. The van der Waals surface area contributed by atoms with Gasteiger partial charge in [-0.25, -0.2) is 14.3 Å². The third kappa shape index (κ3) is 2.63. The number of hydrogen-bond donors (Lipinski definition) is 2. The highest BCUT2D eigenvalue weighted by atomic mass is 19.4. The number of rotatable bonds is 2. The molecule has 3 aromatic rings. The maximum atomic E-state index is 13.0. The molecule has 1 aliphatic rings. The summed E-state index contributed by atoms with van der Waals surface area (Å²) in [4.78, 5) is 31.8. The van der Waals surface area contributed by atoms with Crippen LogP contribution in [0.25, 0.3) is 16.9 Å². The second kappa shape index (κ2) is 5.04. The number of alkyl halides is 3. The molecule has 3 aromatic heterocycles. The smallest absolute Gasteiger partial charge is 0.313 e. The second-order valence-electron chi connectivity index (χ2n) is 6.11. The van der Waals surface area contributed by atoms with E-state index < -0.39 is 29.3 Å². The van der Waals surface area contributed by atoms with Gasteiger partial charge in [-0.1, -0.05) is 0 Å². The monoisotopic (exact) mass is 351 g/mol. The third-order valence-electron chi connectivity index (χ3n) is 4.28. The van der Waals surface area contributed by atoms with Crippen LogP contribution in [-0.4, -0.2) is 30.7 Å². The molecular formula is C15H12F3N5O2. The molecule has 1 saturated carbocycles. The predicted molar refractivity (Wildman–Crippen MR) is 81.3 cm³/mol. The molecule has 2 unspecified atom stereocenters. The van der Waals surface area contributed by atoms with Gasteiger partial charge in [0, 0.05) is 11.8 Å². The first-order chi connectivity index (χ1) is 11.7. The van der Waals surface area contributed by atoms with Crippen molar-refractivity contribution < 1.29 is 13.2 Å². The molecule has 2 N–H and O–H groups in total. The lowest BCUT2D eigenvalue weighted by molar-refractivity contribution is -0.148. The number of H-pyrrole nitrogens is 2. The summed E-state index contributed by atoms with van der Waals surface area (Å²) in [7, 11) is 0. The van der Waals surface area contributed by atoms with Crippen LogP contribution in [0.2, 0.25) is 0 Å². The van der Waals surface area contributed by atoms with E-state index in [2.05, 4.69) is 20.1 Å². The van der Waals surface area contributed by atoms with Crippen molar-refractivity contribution in [1.82, 2.24) is 24.6 Å². The number of fused-ring (bicyclic) bond motifs is 1. The highest BCUT2D eigenvalue weighted by Gasteiger charge is 2.56. The number of halogens is 3. The molecule has 25 heavy (non-hydrogen) atoms. The van der Waals surface area contributed by atoms with Crippen LogP contribution < -0.4 is 11.2 Å². The first kappa shape index (κ1) is 15.6. The SMILES string of the molecule is Cc1cn2nc(-c3c[nH]c(=O)[nH]c3=O)cc(C3CC3C(F)(F)F)c2n1. The third-order valence-corrected chi connectivity index (χ3v) is 4.28. The Morgan fingerprint density at radius 2 is 2.08 bits per heavy atom. The van der Waals surface area contributed by atoms with Gasteiger partial charge in [-0.15, -0.1) is 0 Å². The molecule has 3 heterocycles. The van der Waals surface area contributed by atoms with E-state index in [0.29, 0.717) is 16.9 Å². The van der Waals surface area contributed by atoms with E-state index in [9.17, 15) is 22.8 Å². The van der Waals surface area contributed by atoms with Gasteiger partial charge in [0.05, 0.1) is 29.1 Å². The van der Waals surface area contributed by atoms with E-state index >= 15 is 0 Å². The zero-order valence-corrected chi connectivity index (χ0v) is 12.9. The van der Waals surface area contributed by atoms with Crippen molar-refractivity contribution in [2.75, 3.05) is 0 Å². The van der Waals surface area contributed by atoms with Gasteiger partial charge in [0.15, 0.2) is 5.65 Å². The maximum Gasteiger partial charge on any atom is 0.392 e. The molecule has 0 spiro atoms. The normalized spacial score (nSPS) is 20.2. The van der Waals surface area contributed by atoms with Crippen LogP contribution in [0.15, 0.2) is 28.0 Å². The Kier molecular flexibility index (Phi) is 3.15. The van der Waals surface area contributed by atoms with E-state index in [1.807, 2.05) is 0 Å². The van der Waals surface area contributed by atoms with Gasteiger partial charge in [0.1, 0.15) is 0 Å². The van der Waals surface area contributed by atoms with Crippen molar-refractivity contribution >= 4 is 5.65 Å². The molecule has 0 aliphatic heterocycles. The Labute approximate surface area is 137 Å². The number of aromatic nitrogens is 5. The molecule has 0 bridgehead atoms. The van der Waals surface area contributed by atoms with Crippen LogP contribution in [0.4, 0.5) is 13.2 Å². The maximum absolute atomic E-state index is 13.0. The van der Waals surface area contributed by atoms with Crippen LogP contribution >= 0.6 is 0 Å². The highest BCUT2D eigenvalue weighted by molar-refractivity contribution is 5.63. The van der Waals surface area contributed by atoms with Crippen molar-refractivity contribution in [2.24, 2.45) is 5.92 Å². The van der Waals surface area contributed by atoms with Gasteiger partial charge < -0.3 is 4.98 Å². The number of aromatic amines is 2. The van der Waals surface area contributed by atoms with Gasteiger partial charge in [0.25, 0.3) is 5.56 Å². The fourth-order valence-electron chi connectivity index (χ4n) is 3.02. The second-order valence-corrected chi connectivity index (χ2v) is 6.11. The fourth-order valence-corrected chi connectivity index (χ4v) is 3.02. The molecule has 0 amide bonds. The highest BCUT2D eigenvalue weighted by Crippen LogP contribution is 2.56. The summed E-state index contributed by atoms with van der Waals surface area (Å²) in [5.74, 6) is -2.13. The molecule has 0 saturated heterocycles. The summed E-state index contributed by atoms with van der Waals surface area (Å²) in [6.45, 7) is 1.71. The first-order valence-electron chi connectivity index (χ1n) is 7.50. The summed E-state index contributed by atoms with van der Waals surface area (Å²) in [6.07, 6.45) is -1.52. The Morgan fingerprint density at radius 1 is 1.32 bits per heavy atom. The van der Waals surface area contributed by atoms with Crippen LogP contribution in [-0.2, 0) is 0 Å². The van der Waals surface area contributed by atoms with Crippen molar-refractivity contribution in [1.29, 1.82) is 0 Å². The summed E-state index contributed by atoms with van der Waals surface area (Å²) in [5.41, 5.74) is 0.244. The molecule has 2 atom stereocenters. The molecule has 0 aromatic carbocycles. The zero-order valence-electron chi connectivity index (χ0n) is 12.9. The van der Waals surface area contributed by atoms with E-state index in [0.717, 1.165) is 0 Å². The lowest BCUT2D eigenvalue weighted by Crippen LogP contribution is -2.23. The Hall–Kier alpha value is -2.91. The van der Waals surface area contributed by atoms with E-state index in [4.69, 9.17) is 0 Å². The minimum Gasteiger partial charge on any atom is -0.313 e. The van der Waals surface area contributed by atoms with Crippen LogP contribution in [0, 0.1) is 12.8 Å². The zero-order chi connectivity index (χ0) is 17.9. The van der Waals surface area contributed by atoms with Crippen LogP contribution in [0.3, 0.4) is 0 Å². The average Bonchev–Trinajstić information content (AvgIpc) is 3.22. The predicted octanol–water partition coefficient (Wildman–Crippen LogP) is 1.75. The summed E-state index contributed by atoms with van der Waals surface area (Å²) >= 11 is 0. The Morgan fingerprint density at radius 3 is 2.72 bits per heavy atom. The van der Waals surface area contributed by atoms with Crippen LogP contribution in [0.1, 0.15) is 23.6 Å². The molecule has 7 nitrogen and oxygen atoms in total. The van der Waals surface area contributed by atoms with Gasteiger partial charge in [0.2, 0.25) is 0 Å². The lowest BCUT2D eigenvalue weighted by atomic mass is 10.1. The molecule has 1 aliphatic carbocycles. The molecular weight excluding hydrogens is 339 g/mol. The summed E-state index contributed by atoms with van der Waals surface area (Å²) in [6, 6.07) is 1.45. The largest absolute Gasteiger partial charge is 0.392 e. The number of imidazole rings is 1. The standard InChI is InChI=1S/C15H12F3N5O2/c1-6-5-23-12(20-6)8(7-2-10(7)15(16,17)18)3-11(22-23)9-4-19-14(25)21-13(9)24/h3-5,7,10H,2H2,1H3,(H2,19,21,24,25). The number of aryl methyl sites for hydroxylation is 1. The first-order valence-corrected chi connectivity index (χ1v) is 7.50. The number of nitrogens with one attached hydrogen (secondary N) is 2. The van der Waals surface area contributed by atoms with Crippen molar-refractivity contribution in [2.45, 2.75) is 25.4 Å². The van der Waals surface area contributed by atoms with E-state index in [-0.39, 0.29) is 17.7 Å². The molecule has 10 heteroatoms. The van der Waals surface area contributed by atoms with E-state index in [1.54, 1.807) is 13.1 Å². The van der Waals surface area contributed by atoms with Gasteiger partial charge in [-0.05, 0) is 25.3 Å². The summed E-state index contributed by atoms with van der Waals surface area (Å²) in [5, 5.41) is 4.25. The quantitative estimate of drug-likeness (QED) is 0.735. The topological polar surface area (TPSA) is 95.9 Å². The van der Waals surface area contributed by atoms with Gasteiger partial charge in [-0.3, -0.25) is 9.78 Å². The van der Waals surface area contributed by atoms with Crippen LogP contribution in [0.5, 0.6) is 0 Å². The molecule has 0 radical (unpaired) electrons. The minimum absolute atomic E-state index is 0.0174. The fraction of sp³-hybridized carbons (Fsp3) is 0.333. The molecule has 4 rings (SSSR count). The van der Waals surface area contributed by atoms with Gasteiger partial charge in [-0.2, -0.15) is 18.3 Å². The minimum atomic E-state index is -4.28. The van der Waals surface area contributed by atoms with Crippen molar-refractivity contribution in [3.05, 3.63) is 50.6 Å². The van der Waals surface area contributed by atoms with Crippen molar-refractivity contribution in [3.63, 3.8) is 0 Å². The Balaban J connectivity index is 1.90. The number of hydrogen-bond acceptors (Lipinski definition) is 4. The van der Waals surface area contributed by atoms with Gasteiger partial charge >= 0.3 is 11.9 Å². The molecule has 130 valence electrons. The van der Waals surface area contributed by atoms with Crippen molar-refractivity contribution in [3.8, 4) is 11.3 Å². The molecule has 1 fully saturated rings. The Bertz CT molecular complexity index is 1090. The lowest BCUT2D eigenvalue weighted by Gasteiger charge is -2.08. The average molecular weight is 351 g/mol.